The molecule has 0 spiro atoms. The highest BCUT2D eigenvalue weighted by molar-refractivity contribution is 7.91. The molecule has 1 aromatic heterocycles. The molecule has 1 heterocycles. The molecular formula is C19H17F2N7O10S3. The van der Waals surface area contributed by atoms with Crippen molar-refractivity contribution in [3.8, 4) is 0 Å². The Morgan fingerprint density at radius 1 is 0.951 bits per heavy atom. The van der Waals surface area contributed by atoms with Gasteiger partial charge < -0.3 is 16.4 Å². The van der Waals surface area contributed by atoms with E-state index >= 15 is 0 Å². The summed E-state index contributed by atoms with van der Waals surface area (Å²) >= 11 is 0. The number of primary amides is 1. The first-order chi connectivity index (χ1) is 18.9. The molecule has 220 valence electrons. The summed E-state index contributed by atoms with van der Waals surface area (Å²) in [5, 5.41) is 12.2. The Morgan fingerprint density at radius 3 is 2.22 bits per heavy atom. The van der Waals surface area contributed by atoms with Crippen LogP contribution in [0.3, 0.4) is 0 Å². The van der Waals surface area contributed by atoms with Crippen LogP contribution in [0.2, 0.25) is 0 Å². The number of sulfone groups is 1. The van der Waals surface area contributed by atoms with Gasteiger partial charge in [0.1, 0.15) is 22.1 Å². The molecule has 0 aliphatic rings. The molecule has 2 amide bonds. The Labute approximate surface area is 230 Å². The highest BCUT2D eigenvalue weighted by Gasteiger charge is 2.23. The number of amides is 2. The summed E-state index contributed by atoms with van der Waals surface area (Å²) in [6, 6.07) is 5.69. The minimum atomic E-state index is -5.10. The molecule has 3 aromatic rings. The Balaban J connectivity index is 1.96. The number of urea groups is 1. The van der Waals surface area contributed by atoms with Crippen LogP contribution in [0.25, 0.3) is 0 Å². The maximum absolute atomic E-state index is 13.3. The summed E-state index contributed by atoms with van der Waals surface area (Å²) in [6.07, 6.45) is -1.35. The number of azo groups is 1. The van der Waals surface area contributed by atoms with Crippen LogP contribution < -0.4 is 16.4 Å². The summed E-state index contributed by atoms with van der Waals surface area (Å²) in [5.41, 5.74) is 4.44. The molecule has 0 aliphatic carbocycles. The number of aromatic nitrogens is 2. The molecule has 22 heteroatoms. The fourth-order valence-electron chi connectivity index (χ4n) is 2.99. The number of halogens is 2. The fourth-order valence-corrected chi connectivity index (χ4v) is 5.22. The monoisotopic (exact) mass is 637 g/mol. The lowest BCUT2D eigenvalue weighted by Crippen LogP contribution is -2.19. The second-order valence-corrected chi connectivity index (χ2v) is 12.2. The molecule has 0 unspecified atom stereocenters. The number of nitrogens with zero attached hydrogens (tertiary/aromatic N) is 4. The smallest absolute Gasteiger partial charge is 0.351 e. The fraction of sp³-hybridized carbons (Fsp3) is 0.105. The van der Waals surface area contributed by atoms with E-state index in [4.69, 9.17) is 10.3 Å². The number of hydrogen-bond acceptors (Lipinski definition) is 13. The topological polar surface area (TPSA) is 270 Å². The van der Waals surface area contributed by atoms with E-state index in [2.05, 4.69) is 35.0 Å². The summed E-state index contributed by atoms with van der Waals surface area (Å²) < 4.78 is 119. The molecule has 41 heavy (non-hydrogen) atoms. The lowest BCUT2D eigenvalue weighted by atomic mass is 10.2. The number of nitrogens with two attached hydrogens (primary N) is 1. The molecule has 0 saturated heterocycles. The standard InChI is InChI=1S/C19H17F2N7O10S3/c20-16-9-17(26-18(21)25-16)23-10-1-3-12(14(7-10)24-19(22)29)27-28-13-4-2-11(8-15(13)40(32,33)34)39(30,31)6-5-38-41(35,36)37/h1-4,7-9H,5-6H2,(H3,22,24,29)(H,23,25,26)(H,32,33,34)(H,35,36,37). The molecule has 3 rings (SSSR count). The van der Waals surface area contributed by atoms with Gasteiger partial charge in [-0.25, -0.2) is 17.4 Å². The number of carbonyl (C=O) groups excluding carboxylic acids is 1. The minimum absolute atomic E-state index is 0.122. The van der Waals surface area contributed by atoms with Crippen molar-refractivity contribution in [1.82, 2.24) is 9.97 Å². The minimum Gasteiger partial charge on any atom is -0.351 e. The molecule has 0 saturated carbocycles. The zero-order valence-corrected chi connectivity index (χ0v) is 22.4. The van der Waals surface area contributed by atoms with Gasteiger partial charge in [0.2, 0.25) is 5.95 Å². The zero-order chi connectivity index (χ0) is 30.6. The van der Waals surface area contributed by atoms with Crippen molar-refractivity contribution in [2.45, 2.75) is 9.79 Å². The van der Waals surface area contributed by atoms with E-state index in [1.54, 1.807) is 0 Å². The lowest BCUT2D eigenvalue weighted by Gasteiger charge is -2.11. The maximum atomic E-state index is 13.3. The summed E-state index contributed by atoms with van der Waals surface area (Å²) in [5.74, 6) is -2.44. The third kappa shape index (κ3) is 9.16. The van der Waals surface area contributed by atoms with Crippen LogP contribution in [0.5, 0.6) is 0 Å². The van der Waals surface area contributed by atoms with Crippen molar-refractivity contribution in [3.05, 3.63) is 54.5 Å². The van der Waals surface area contributed by atoms with E-state index in [-0.39, 0.29) is 22.9 Å². The normalized spacial score (nSPS) is 12.4. The van der Waals surface area contributed by atoms with E-state index in [1.807, 2.05) is 0 Å². The Hall–Kier alpha value is -4.22. The second-order valence-electron chi connectivity index (χ2n) is 7.56. The van der Waals surface area contributed by atoms with Crippen molar-refractivity contribution < 1.29 is 52.1 Å². The molecule has 0 aliphatic heterocycles. The van der Waals surface area contributed by atoms with Crippen LogP contribution in [-0.4, -0.2) is 62.7 Å². The number of nitrogens with one attached hydrogen (secondary N) is 2. The maximum Gasteiger partial charge on any atom is 0.397 e. The highest BCUT2D eigenvalue weighted by atomic mass is 32.3. The van der Waals surface area contributed by atoms with E-state index in [1.165, 1.54) is 18.2 Å². The first-order valence-electron chi connectivity index (χ1n) is 10.5. The SMILES string of the molecule is NC(=O)Nc1cc(Nc2cc(F)nc(F)n2)ccc1N=Nc1ccc(S(=O)(=O)CCOS(=O)(=O)O)cc1S(=O)(=O)O. The molecule has 17 nitrogen and oxygen atoms in total. The number of hydrogen-bond donors (Lipinski definition) is 5. The van der Waals surface area contributed by atoms with E-state index < -0.39 is 76.2 Å². The predicted molar refractivity (Wildman–Crippen MR) is 135 cm³/mol. The first-order valence-corrected chi connectivity index (χ1v) is 14.9. The molecule has 2 aromatic carbocycles. The van der Waals surface area contributed by atoms with Gasteiger partial charge in [-0.1, -0.05) is 0 Å². The lowest BCUT2D eigenvalue weighted by molar-refractivity contribution is 0.259. The highest BCUT2D eigenvalue weighted by Crippen LogP contribution is 2.33. The van der Waals surface area contributed by atoms with Gasteiger partial charge in [0.15, 0.2) is 9.84 Å². The van der Waals surface area contributed by atoms with Crippen LogP contribution >= 0.6 is 0 Å². The zero-order valence-electron chi connectivity index (χ0n) is 20.0. The van der Waals surface area contributed by atoms with Crippen molar-refractivity contribution in [3.63, 3.8) is 0 Å². The number of rotatable bonds is 11. The van der Waals surface area contributed by atoms with Crippen LogP contribution in [0.4, 0.5) is 42.1 Å². The van der Waals surface area contributed by atoms with Gasteiger partial charge >= 0.3 is 22.5 Å². The van der Waals surface area contributed by atoms with Gasteiger partial charge in [-0.05, 0) is 36.4 Å². The van der Waals surface area contributed by atoms with Gasteiger partial charge in [-0.2, -0.15) is 35.6 Å². The van der Waals surface area contributed by atoms with E-state index in [0.29, 0.717) is 6.07 Å². The largest absolute Gasteiger partial charge is 0.397 e. The number of benzene rings is 2. The van der Waals surface area contributed by atoms with Gasteiger partial charge in [-0.15, -0.1) is 10.2 Å². The Kier molecular flexibility index (Phi) is 9.25. The van der Waals surface area contributed by atoms with E-state index in [9.17, 15) is 43.4 Å². The Bertz CT molecular complexity index is 1830. The molecule has 0 fully saturated rings. The summed E-state index contributed by atoms with van der Waals surface area (Å²) in [6.45, 7) is -0.995. The molecule has 6 N–H and O–H groups in total. The average Bonchev–Trinajstić information content (AvgIpc) is 2.81. The number of anilines is 3. The Morgan fingerprint density at radius 2 is 1.61 bits per heavy atom. The van der Waals surface area contributed by atoms with Crippen LogP contribution in [0, 0.1) is 12.0 Å². The van der Waals surface area contributed by atoms with Crippen LogP contribution in [0.15, 0.2) is 62.5 Å². The van der Waals surface area contributed by atoms with Gasteiger partial charge in [0, 0.05) is 11.8 Å². The first kappa shape index (κ1) is 31.3. The van der Waals surface area contributed by atoms with Crippen molar-refractivity contribution in [2.75, 3.05) is 23.0 Å². The second kappa shape index (κ2) is 12.1. The summed E-state index contributed by atoms with van der Waals surface area (Å²) in [4.78, 5) is 16.0. The van der Waals surface area contributed by atoms with Crippen LogP contribution in [0.1, 0.15) is 0 Å². The van der Waals surface area contributed by atoms with Gasteiger partial charge in [-0.3, -0.25) is 9.11 Å². The molecule has 0 bridgehead atoms. The quantitative estimate of drug-likeness (QED) is 0.0874. The third-order valence-corrected chi connectivity index (χ3v) is 7.64. The molecule has 0 atom stereocenters. The van der Waals surface area contributed by atoms with Crippen LogP contribution in [-0.2, 0) is 34.5 Å². The summed E-state index contributed by atoms with van der Waals surface area (Å²) in [7, 11) is -14.4. The van der Waals surface area contributed by atoms with Gasteiger partial charge in [0.25, 0.3) is 10.1 Å². The number of carbonyl (C=O) groups is 1. The average molecular weight is 638 g/mol. The van der Waals surface area contributed by atoms with Crippen molar-refractivity contribution in [1.29, 1.82) is 0 Å². The molecular weight excluding hydrogens is 620 g/mol. The molecule has 0 radical (unpaired) electrons. The third-order valence-electron chi connectivity index (χ3n) is 4.61. The van der Waals surface area contributed by atoms with Gasteiger partial charge in [0.05, 0.1) is 22.9 Å². The predicted octanol–water partition coefficient (Wildman–Crippen LogP) is 2.24. The van der Waals surface area contributed by atoms with Crippen molar-refractivity contribution in [2.24, 2.45) is 16.0 Å². The van der Waals surface area contributed by atoms with Crippen molar-refractivity contribution >= 4 is 65.0 Å². The van der Waals surface area contributed by atoms with E-state index in [0.717, 1.165) is 18.2 Å².